The smallest absolute Gasteiger partial charge is 0.371 e. The standard InChI is InChI=1S/C18H23F3N6O2S2/c1-3-4-5-6-27-10-12(2)7-13-8-14(23-25-17-24-22-11-30-17)15(9-16(13)27)26-31(28,29)18(19,20)21/h8-9,11-12,26H,3-7,10H2,1-2H3. The van der Waals surface area contributed by atoms with Gasteiger partial charge in [-0.2, -0.15) is 21.6 Å². The lowest BCUT2D eigenvalue weighted by Crippen LogP contribution is -2.35. The molecule has 170 valence electrons. The number of halogens is 3. The maximum Gasteiger partial charge on any atom is 0.516 e. The summed E-state index contributed by atoms with van der Waals surface area (Å²) in [7, 11) is -5.62. The minimum atomic E-state index is -5.62. The molecule has 3 rings (SSSR count). The first-order valence-electron chi connectivity index (χ1n) is 9.79. The number of alkyl halides is 3. The molecule has 1 aliphatic heterocycles. The first-order chi connectivity index (χ1) is 14.6. The number of hydrogen-bond acceptors (Lipinski definition) is 8. The number of sulfonamides is 1. The average molecular weight is 477 g/mol. The topological polar surface area (TPSA) is 99.9 Å². The Hall–Kier alpha value is -2.28. The van der Waals surface area contributed by atoms with Crippen LogP contribution in [0.1, 0.15) is 38.7 Å². The number of fused-ring (bicyclic) bond motifs is 1. The molecule has 1 aromatic heterocycles. The summed E-state index contributed by atoms with van der Waals surface area (Å²) in [6, 6.07) is 3.02. The van der Waals surface area contributed by atoms with E-state index in [4.69, 9.17) is 0 Å². The third-order valence-corrected chi connectivity index (χ3v) is 6.48. The van der Waals surface area contributed by atoms with E-state index in [2.05, 4.69) is 39.2 Å². The summed E-state index contributed by atoms with van der Waals surface area (Å²) in [5.41, 5.74) is -2.71. The van der Waals surface area contributed by atoms with Gasteiger partial charge >= 0.3 is 15.5 Å². The van der Waals surface area contributed by atoms with E-state index >= 15 is 0 Å². The van der Waals surface area contributed by atoms with Gasteiger partial charge in [0.2, 0.25) is 0 Å². The van der Waals surface area contributed by atoms with E-state index in [1.165, 1.54) is 11.6 Å². The van der Waals surface area contributed by atoms with Crippen molar-refractivity contribution in [2.75, 3.05) is 22.7 Å². The Bertz CT molecular complexity index is 1030. The van der Waals surface area contributed by atoms with Crippen molar-refractivity contribution in [3.05, 3.63) is 23.2 Å². The van der Waals surface area contributed by atoms with E-state index in [1.54, 1.807) is 10.8 Å². The fourth-order valence-electron chi connectivity index (χ4n) is 3.43. The lowest BCUT2D eigenvalue weighted by atomic mass is 9.92. The van der Waals surface area contributed by atoms with Crippen LogP contribution >= 0.6 is 11.3 Å². The van der Waals surface area contributed by atoms with E-state index in [-0.39, 0.29) is 16.5 Å². The van der Waals surface area contributed by atoms with E-state index < -0.39 is 15.5 Å². The molecule has 2 heterocycles. The van der Waals surface area contributed by atoms with Gasteiger partial charge in [-0.15, -0.1) is 20.4 Å². The average Bonchev–Trinajstić information content (AvgIpc) is 3.19. The summed E-state index contributed by atoms with van der Waals surface area (Å²) in [4.78, 5) is 2.09. The number of anilines is 2. The molecule has 1 aliphatic rings. The summed E-state index contributed by atoms with van der Waals surface area (Å²) in [6.45, 7) is 5.67. The Labute approximate surface area is 182 Å². The molecule has 0 aliphatic carbocycles. The van der Waals surface area contributed by atoms with Crippen molar-refractivity contribution in [3.63, 3.8) is 0 Å². The second kappa shape index (κ2) is 9.47. The normalized spacial score (nSPS) is 17.2. The molecular formula is C18H23F3N6O2S2. The molecule has 0 saturated carbocycles. The molecule has 0 spiro atoms. The summed E-state index contributed by atoms with van der Waals surface area (Å²) in [6.07, 6.45) is 3.71. The van der Waals surface area contributed by atoms with E-state index in [9.17, 15) is 21.6 Å². The van der Waals surface area contributed by atoms with Crippen LogP contribution in [0.25, 0.3) is 0 Å². The number of azo groups is 1. The Kier molecular flexibility index (Phi) is 7.14. The van der Waals surface area contributed by atoms with Gasteiger partial charge in [-0.25, -0.2) is 0 Å². The van der Waals surface area contributed by atoms with Crippen LogP contribution in [0, 0.1) is 5.92 Å². The molecule has 0 saturated heterocycles. The van der Waals surface area contributed by atoms with Crippen molar-refractivity contribution < 1.29 is 21.6 Å². The molecule has 0 radical (unpaired) electrons. The van der Waals surface area contributed by atoms with E-state index in [0.717, 1.165) is 49.3 Å². The fourth-order valence-corrected chi connectivity index (χ4v) is 4.37. The first kappa shape index (κ1) is 23.4. The first-order valence-corrected chi connectivity index (χ1v) is 12.2. The third-order valence-electron chi connectivity index (χ3n) is 4.81. The van der Waals surface area contributed by atoms with Crippen molar-refractivity contribution in [1.29, 1.82) is 0 Å². The van der Waals surface area contributed by atoms with Gasteiger partial charge in [-0.05, 0) is 36.5 Å². The maximum atomic E-state index is 13.0. The van der Waals surface area contributed by atoms with Crippen LogP contribution in [0.3, 0.4) is 0 Å². The summed E-state index contributed by atoms with van der Waals surface area (Å²) < 4.78 is 64.2. The highest BCUT2D eigenvalue weighted by Crippen LogP contribution is 2.40. The Morgan fingerprint density at radius 1 is 1.29 bits per heavy atom. The summed E-state index contributed by atoms with van der Waals surface area (Å²) in [5.74, 6) is 0.333. The molecule has 1 unspecified atom stereocenters. The summed E-state index contributed by atoms with van der Waals surface area (Å²) in [5, 5.41) is 15.4. The van der Waals surface area contributed by atoms with Crippen LogP contribution in [0.4, 0.5) is 35.4 Å². The molecule has 2 aromatic rings. The molecule has 8 nitrogen and oxygen atoms in total. The molecule has 1 aromatic carbocycles. The lowest BCUT2D eigenvalue weighted by Gasteiger charge is -2.35. The van der Waals surface area contributed by atoms with Gasteiger partial charge in [0.15, 0.2) is 0 Å². The van der Waals surface area contributed by atoms with E-state index in [1.807, 2.05) is 0 Å². The van der Waals surface area contributed by atoms with Crippen molar-refractivity contribution in [2.24, 2.45) is 16.1 Å². The predicted molar refractivity (Wildman–Crippen MR) is 114 cm³/mol. The zero-order valence-electron chi connectivity index (χ0n) is 17.1. The van der Waals surface area contributed by atoms with Crippen molar-refractivity contribution in [3.8, 4) is 0 Å². The molecule has 1 N–H and O–H groups in total. The molecule has 31 heavy (non-hydrogen) atoms. The quantitative estimate of drug-likeness (QED) is 0.406. The monoisotopic (exact) mass is 476 g/mol. The molecule has 1 atom stereocenters. The largest absolute Gasteiger partial charge is 0.516 e. The van der Waals surface area contributed by atoms with Gasteiger partial charge in [-0.3, -0.25) is 4.72 Å². The number of nitrogens with zero attached hydrogens (tertiary/aromatic N) is 5. The minimum absolute atomic E-state index is 0.00983. The van der Waals surface area contributed by atoms with Crippen LogP contribution in [0.2, 0.25) is 0 Å². The van der Waals surface area contributed by atoms with Gasteiger partial charge in [0.1, 0.15) is 11.2 Å². The number of rotatable bonds is 8. The SMILES string of the molecule is CCCCCN1CC(C)Cc2cc(N=Nc3nncs3)c(NS(=O)(=O)C(F)(F)F)cc21. The minimum Gasteiger partial charge on any atom is -0.371 e. The Morgan fingerprint density at radius 2 is 2.06 bits per heavy atom. The Balaban J connectivity index is 2.04. The third kappa shape index (κ3) is 5.70. The number of nitrogens with one attached hydrogen (secondary N) is 1. The van der Waals surface area contributed by atoms with Crippen molar-refractivity contribution >= 4 is 43.6 Å². The Morgan fingerprint density at radius 3 is 2.71 bits per heavy atom. The van der Waals surface area contributed by atoms with E-state index in [0.29, 0.717) is 18.0 Å². The number of aromatic nitrogens is 2. The van der Waals surface area contributed by atoms with Gasteiger partial charge < -0.3 is 4.90 Å². The van der Waals surface area contributed by atoms with Gasteiger partial charge in [0.25, 0.3) is 5.13 Å². The second-order valence-electron chi connectivity index (χ2n) is 7.43. The van der Waals surface area contributed by atoms with Gasteiger partial charge in [-0.1, -0.05) is 38.0 Å². The number of unbranched alkanes of at least 4 members (excludes halogenated alkanes) is 2. The highest BCUT2D eigenvalue weighted by Gasteiger charge is 2.46. The fraction of sp³-hybridized carbons (Fsp3) is 0.556. The van der Waals surface area contributed by atoms with Gasteiger partial charge in [0.05, 0.1) is 5.69 Å². The number of hydrogen-bond donors (Lipinski definition) is 1. The van der Waals surface area contributed by atoms with Gasteiger partial charge in [0, 0.05) is 18.8 Å². The molecule has 13 heteroatoms. The van der Waals surface area contributed by atoms with Crippen LogP contribution in [0.5, 0.6) is 0 Å². The van der Waals surface area contributed by atoms with Crippen molar-refractivity contribution in [2.45, 2.75) is 45.0 Å². The molecule has 0 bridgehead atoms. The molecule has 0 fully saturated rings. The van der Waals surface area contributed by atoms with Crippen molar-refractivity contribution in [1.82, 2.24) is 10.2 Å². The zero-order valence-corrected chi connectivity index (χ0v) is 18.7. The predicted octanol–water partition coefficient (Wildman–Crippen LogP) is 5.40. The maximum absolute atomic E-state index is 13.0. The second-order valence-corrected chi connectivity index (χ2v) is 9.92. The van der Waals surface area contributed by atoms with Crippen LogP contribution in [0.15, 0.2) is 27.9 Å². The lowest BCUT2D eigenvalue weighted by molar-refractivity contribution is -0.0429. The van der Waals surface area contributed by atoms with Crippen LogP contribution < -0.4 is 9.62 Å². The summed E-state index contributed by atoms with van der Waals surface area (Å²) >= 11 is 1.10. The molecule has 0 amide bonds. The molecular weight excluding hydrogens is 453 g/mol. The zero-order chi connectivity index (χ0) is 22.6. The number of benzene rings is 1. The highest BCUT2D eigenvalue weighted by molar-refractivity contribution is 7.93. The highest BCUT2D eigenvalue weighted by atomic mass is 32.2. The van der Waals surface area contributed by atoms with Crippen LogP contribution in [-0.2, 0) is 16.4 Å². The van der Waals surface area contributed by atoms with Crippen LogP contribution in [-0.4, -0.2) is 37.2 Å².